The summed E-state index contributed by atoms with van der Waals surface area (Å²) < 4.78 is 23.2. The molecule has 3 fully saturated rings. The van der Waals surface area contributed by atoms with Crippen molar-refractivity contribution in [2.24, 2.45) is 11.8 Å². The normalized spacial score (nSPS) is 23.6. The SMILES string of the molecule is [C-]#[N+]c1ccc(Nc2ncnc(OC3C4COCC3CN(C(=O)OC3CC3)C4)c2OC)c(Cl)c1. The van der Waals surface area contributed by atoms with Crippen LogP contribution in [-0.4, -0.2) is 66.6 Å². The number of nitrogens with zero attached hydrogens (tertiary/aromatic N) is 4. The van der Waals surface area contributed by atoms with Gasteiger partial charge in [0.05, 0.1) is 37.6 Å². The summed E-state index contributed by atoms with van der Waals surface area (Å²) in [5, 5.41) is 3.52. The summed E-state index contributed by atoms with van der Waals surface area (Å²) in [6, 6.07) is 4.94. The first-order valence-corrected chi connectivity index (χ1v) is 11.5. The lowest BCUT2D eigenvalue weighted by atomic mass is 9.84. The molecule has 2 aromatic rings. The lowest BCUT2D eigenvalue weighted by Crippen LogP contribution is -2.58. The molecule has 1 amide bonds. The van der Waals surface area contributed by atoms with Gasteiger partial charge in [0.2, 0.25) is 5.75 Å². The molecule has 10 nitrogen and oxygen atoms in total. The second-order valence-electron chi connectivity index (χ2n) is 8.59. The van der Waals surface area contributed by atoms with E-state index in [0.717, 1.165) is 12.8 Å². The lowest BCUT2D eigenvalue weighted by molar-refractivity contribution is -0.110. The zero-order valence-electron chi connectivity index (χ0n) is 18.6. The zero-order valence-corrected chi connectivity index (χ0v) is 19.3. The van der Waals surface area contributed by atoms with Crippen LogP contribution in [0, 0.1) is 18.4 Å². The summed E-state index contributed by atoms with van der Waals surface area (Å²) in [6.07, 6.45) is 2.89. The molecule has 3 heterocycles. The summed E-state index contributed by atoms with van der Waals surface area (Å²) in [5.74, 6) is 0.973. The van der Waals surface area contributed by atoms with E-state index in [1.54, 1.807) is 23.1 Å². The Morgan fingerprint density at radius 3 is 2.68 bits per heavy atom. The van der Waals surface area contributed by atoms with Crippen LogP contribution in [0.15, 0.2) is 24.5 Å². The highest BCUT2D eigenvalue weighted by atomic mass is 35.5. The molecule has 2 atom stereocenters. The number of piperidine rings is 1. The van der Waals surface area contributed by atoms with Gasteiger partial charge in [-0.2, -0.15) is 4.98 Å². The second-order valence-corrected chi connectivity index (χ2v) is 9.00. The number of benzene rings is 1. The Kier molecular flexibility index (Phi) is 6.30. The molecule has 34 heavy (non-hydrogen) atoms. The standard InChI is InChI=1S/C23H24ClN5O5/c1-25-15-3-6-18(17(24)7-15)28-21-20(31-2)22(27-12-26-21)34-19-13-8-29(9-14(19)11-32-10-13)23(30)33-16-4-5-16/h3,6-7,12-14,16,19H,4-5,8-11H2,2H3,(H,26,27,28). The van der Waals surface area contributed by atoms with Gasteiger partial charge in [-0.1, -0.05) is 17.7 Å². The highest BCUT2D eigenvalue weighted by Crippen LogP contribution is 2.39. The number of hydrogen-bond donors (Lipinski definition) is 1. The molecule has 2 saturated heterocycles. The van der Waals surface area contributed by atoms with Crippen molar-refractivity contribution in [3.63, 3.8) is 0 Å². The number of ether oxygens (including phenoxy) is 4. The average Bonchev–Trinajstić information content (AvgIpc) is 3.64. The maximum atomic E-state index is 12.5. The van der Waals surface area contributed by atoms with E-state index in [2.05, 4.69) is 20.1 Å². The highest BCUT2D eigenvalue weighted by molar-refractivity contribution is 6.33. The molecule has 1 N–H and O–H groups in total. The Labute approximate surface area is 201 Å². The number of methoxy groups -OCH3 is 1. The first-order chi connectivity index (χ1) is 16.6. The maximum absolute atomic E-state index is 12.5. The molecule has 2 unspecified atom stereocenters. The molecule has 178 valence electrons. The Bertz CT molecular complexity index is 1110. The number of carbonyl (C=O) groups excluding carboxylic acids is 1. The number of carbonyl (C=O) groups is 1. The predicted octanol–water partition coefficient (Wildman–Crippen LogP) is 4.06. The number of hydrogen-bond acceptors (Lipinski definition) is 8. The first-order valence-electron chi connectivity index (χ1n) is 11.1. The summed E-state index contributed by atoms with van der Waals surface area (Å²) >= 11 is 6.31. The molecule has 0 spiro atoms. The smallest absolute Gasteiger partial charge is 0.410 e. The van der Waals surface area contributed by atoms with Gasteiger partial charge in [0.25, 0.3) is 5.88 Å². The molecular weight excluding hydrogens is 462 g/mol. The Hall–Kier alpha value is -3.29. The van der Waals surface area contributed by atoms with Crippen LogP contribution in [-0.2, 0) is 9.47 Å². The lowest BCUT2D eigenvalue weighted by Gasteiger charge is -2.45. The fraction of sp³-hybridized carbons (Fsp3) is 0.478. The van der Waals surface area contributed by atoms with Gasteiger partial charge in [-0.25, -0.2) is 14.6 Å². The van der Waals surface area contributed by atoms with Gasteiger partial charge in [-0.3, -0.25) is 0 Å². The van der Waals surface area contributed by atoms with Gasteiger partial charge in [-0.05, 0) is 25.0 Å². The average molecular weight is 486 g/mol. The quantitative estimate of drug-likeness (QED) is 0.611. The molecule has 5 rings (SSSR count). The predicted molar refractivity (Wildman–Crippen MR) is 123 cm³/mol. The minimum Gasteiger partial charge on any atom is -0.489 e. The van der Waals surface area contributed by atoms with E-state index in [4.69, 9.17) is 37.1 Å². The number of fused-ring (bicyclic) bond motifs is 2. The molecule has 1 aromatic heterocycles. The fourth-order valence-electron chi connectivity index (χ4n) is 4.29. The molecule has 2 bridgehead atoms. The van der Waals surface area contributed by atoms with Gasteiger partial charge in [0.15, 0.2) is 11.5 Å². The van der Waals surface area contributed by atoms with E-state index in [1.165, 1.54) is 13.4 Å². The number of likely N-dealkylation sites (tertiary alicyclic amines) is 1. The van der Waals surface area contributed by atoms with Crippen molar-refractivity contribution in [3.8, 4) is 11.6 Å². The van der Waals surface area contributed by atoms with Crippen LogP contribution in [0.3, 0.4) is 0 Å². The van der Waals surface area contributed by atoms with Crippen LogP contribution in [0.4, 0.5) is 22.0 Å². The van der Waals surface area contributed by atoms with Crippen molar-refractivity contribution >= 4 is 34.9 Å². The van der Waals surface area contributed by atoms with E-state index < -0.39 is 0 Å². The van der Waals surface area contributed by atoms with Crippen LogP contribution in [0.5, 0.6) is 11.6 Å². The summed E-state index contributed by atoms with van der Waals surface area (Å²) in [5.41, 5.74) is 1.01. The largest absolute Gasteiger partial charge is 0.489 e. The molecule has 1 aromatic carbocycles. The maximum Gasteiger partial charge on any atom is 0.410 e. The van der Waals surface area contributed by atoms with Crippen molar-refractivity contribution < 1.29 is 23.7 Å². The number of rotatable bonds is 6. The van der Waals surface area contributed by atoms with Crippen LogP contribution in [0.1, 0.15) is 12.8 Å². The topological polar surface area (TPSA) is 99.4 Å². The third-order valence-electron chi connectivity index (χ3n) is 6.11. The number of nitrogens with one attached hydrogen (secondary N) is 1. The van der Waals surface area contributed by atoms with Crippen molar-refractivity contribution in [1.29, 1.82) is 0 Å². The number of anilines is 2. The monoisotopic (exact) mass is 485 g/mol. The van der Waals surface area contributed by atoms with Crippen molar-refractivity contribution in [1.82, 2.24) is 14.9 Å². The van der Waals surface area contributed by atoms with E-state index in [-0.39, 0.29) is 30.1 Å². The molecule has 1 aliphatic carbocycles. The van der Waals surface area contributed by atoms with Crippen LogP contribution >= 0.6 is 11.6 Å². The first kappa shape index (κ1) is 22.5. The highest BCUT2D eigenvalue weighted by Gasteiger charge is 2.45. The van der Waals surface area contributed by atoms with E-state index in [0.29, 0.717) is 60.1 Å². The van der Waals surface area contributed by atoms with Gasteiger partial charge in [-0.15, -0.1) is 0 Å². The summed E-state index contributed by atoms with van der Waals surface area (Å²) in [4.78, 5) is 26.2. The Morgan fingerprint density at radius 2 is 2.03 bits per heavy atom. The number of aromatic nitrogens is 2. The molecule has 1 saturated carbocycles. The zero-order chi connectivity index (χ0) is 23.7. The second kappa shape index (κ2) is 9.52. The minimum absolute atomic E-state index is 0.0223. The van der Waals surface area contributed by atoms with Gasteiger partial charge in [0, 0.05) is 24.9 Å². The van der Waals surface area contributed by atoms with E-state index in [1.807, 2.05) is 0 Å². The van der Waals surface area contributed by atoms with Crippen molar-refractivity contribution in [2.75, 3.05) is 38.7 Å². The summed E-state index contributed by atoms with van der Waals surface area (Å²) in [6.45, 7) is 9.07. The van der Waals surface area contributed by atoms with E-state index >= 15 is 0 Å². The molecule has 3 aliphatic rings. The fourth-order valence-corrected chi connectivity index (χ4v) is 4.51. The molecule has 0 radical (unpaired) electrons. The minimum atomic E-state index is -0.259. The third-order valence-corrected chi connectivity index (χ3v) is 6.42. The van der Waals surface area contributed by atoms with Crippen LogP contribution in [0.2, 0.25) is 5.02 Å². The van der Waals surface area contributed by atoms with Gasteiger partial charge >= 0.3 is 6.09 Å². The van der Waals surface area contributed by atoms with Gasteiger partial charge < -0.3 is 29.2 Å². The number of amides is 1. The Morgan fingerprint density at radius 1 is 1.26 bits per heavy atom. The molecule has 2 aliphatic heterocycles. The third kappa shape index (κ3) is 4.67. The summed E-state index contributed by atoms with van der Waals surface area (Å²) in [7, 11) is 1.51. The van der Waals surface area contributed by atoms with Crippen LogP contribution in [0.25, 0.3) is 4.85 Å². The number of halogens is 1. The van der Waals surface area contributed by atoms with Crippen molar-refractivity contribution in [2.45, 2.75) is 25.0 Å². The van der Waals surface area contributed by atoms with Crippen LogP contribution < -0.4 is 14.8 Å². The van der Waals surface area contributed by atoms with Crippen molar-refractivity contribution in [3.05, 3.63) is 41.0 Å². The van der Waals surface area contributed by atoms with Gasteiger partial charge in [0.1, 0.15) is 18.5 Å². The Balaban J connectivity index is 1.33. The molecular formula is C23H24ClN5O5. The van der Waals surface area contributed by atoms with E-state index in [9.17, 15) is 4.79 Å². The molecule has 11 heteroatoms.